The Balaban J connectivity index is 2.09. The monoisotopic (exact) mass is 261 g/mol. The van der Waals surface area contributed by atoms with Crippen molar-refractivity contribution in [1.29, 1.82) is 0 Å². The molecule has 0 radical (unpaired) electrons. The van der Waals surface area contributed by atoms with Gasteiger partial charge in [0.15, 0.2) is 0 Å². The average Bonchev–Trinajstić information content (AvgIpc) is 2.93. The van der Waals surface area contributed by atoms with E-state index >= 15 is 0 Å². The van der Waals surface area contributed by atoms with Crippen LogP contribution in [0, 0.1) is 0 Å². The molecule has 0 saturated carbocycles. The van der Waals surface area contributed by atoms with Gasteiger partial charge in [-0.2, -0.15) is 0 Å². The Morgan fingerprint density at radius 2 is 2.26 bits per heavy atom. The number of nitrogens with two attached hydrogens (primary N) is 1. The van der Waals surface area contributed by atoms with Crippen LogP contribution in [0.2, 0.25) is 0 Å². The van der Waals surface area contributed by atoms with Crippen LogP contribution in [0.5, 0.6) is 5.88 Å². The third-order valence-corrected chi connectivity index (χ3v) is 3.09. The molecule has 2 aromatic rings. The minimum absolute atomic E-state index is 0.100. The summed E-state index contributed by atoms with van der Waals surface area (Å²) in [6.07, 6.45) is 3.48. The summed E-state index contributed by atoms with van der Waals surface area (Å²) in [6, 6.07) is 7.77. The quantitative estimate of drug-likeness (QED) is 0.859. The van der Waals surface area contributed by atoms with Gasteiger partial charge < -0.3 is 14.9 Å². The number of likely N-dealkylation sites (N-methyl/N-ethyl adjacent to an activating group) is 1. The van der Waals surface area contributed by atoms with E-state index in [9.17, 15) is 0 Å². The smallest absolute Gasteiger partial charge is 0.212 e. The van der Waals surface area contributed by atoms with Crippen LogP contribution < -0.4 is 10.5 Å². The van der Waals surface area contributed by atoms with Crippen LogP contribution in [0.3, 0.4) is 0 Å². The maximum Gasteiger partial charge on any atom is 0.212 e. The minimum Gasteiger partial charge on any atom is -0.481 e. The fraction of sp³-hybridized carbons (Fsp3) is 0.357. The second-order valence-electron chi connectivity index (χ2n) is 4.38. The van der Waals surface area contributed by atoms with E-state index in [0.29, 0.717) is 19.0 Å². The topological polar surface area (TPSA) is 64.5 Å². The molecule has 5 heteroatoms. The fourth-order valence-corrected chi connectivity index (χ4v) is 2.04. The highest BCUT2D eigenvalue weighted by molar-refractivity contribution is 5.21. The Labute approximate surface area is 113 Å². The van der Waals surface area contributed by atoms with Crippen LogP contribution in [0.25, 0.3) is 0 Å². The molecule has 0 spiro atoms. The molecular formula is C14H19N3O2. The van der Waals surface area contributed by atoms with Crippen LogP contribution in [-0.4, -0.2) is 30.6 Å². The third-order valence-electron chi connectivity index (χ3n) is 3.09. The maximum atomic E-state index is 5.87. The summed E-state index contributed by atoms with van der Waals surface area (Å²) in [5.74, 6) is 1.52. The van der Waals surface area contributed by atoms with Crippen LogP contribution >= 0.6 is 0 Å². The molecule has 0 fully saturated rings. The van der Waals surface area contributed by atoms with Crippen molar-refractivity contribution in [3.8, 4) is 5.88 Å². The summed E-state index contributed by atoms with van der Waals surface area (Å²) < 4.78 is 10.4. The zero-order valence-corrected chi connectivity index (χ0v) is 11.2. The summed E-state index contributed by atoms with van der Waals surface area (Å²) in [4.78, 5) is 6.36. The lowest BCUT2D eigenvalue weighted by Crippen LogP contribution is -2.30. The first-order valence-corrected chi connectivity index (χ1v) is 6.17. The molecule has 0 aliphatic rings. The average molecular weight is 261 g/mol. The second-order valence-corrected chi connectivity index (χ2v) is 4.38. The van der Waals surface area contributed by atoms with Crippen LogP contribution in [0.1, 0.15) is 17.4 Å². The van der Waals surface area contributed by atoms with Gasteiger partial charge in [-0.1, -0.05) is 6.07 Å². The molecule has 0 saturated heterocycles. The zero-order valence-electron chi connectivity index (χ0n) is 11.2. The molecule has 2 rings (SSSR count). The summed E-state index contributed by atoms with van der Waals surface area (Å²) >= 11 is 0. The third kappa shape index (κ3) is 3.33. The van der Waals surface area contributed by atoms with Gasteiger partial charge in [-0.15, -0.1) is 0 Å². The molecule has 2 aromatic heterocycles. The number of hydrogen-bond acceptors (Lipinski definition) is 5. The molecular weight excluding hydrogens is 242 g/mol. The van der Waals surface area contributed by atoms with E-state index in [1.54, 1.807) is 19.6 Å². The van der Waals surface area contributed by atoms with Crippen molar-refractivity contribution in [3.05, 3.63) is 48.0 Å². The lowest BCUT2D eigenvalue weighted by Gasteiger charge is -2.26. The van der Waals surface area contributed by atoms with E-state index in [2.05, 4.69) is 9.88 Å². The number of furan rings is 1. The van der Waals surface area contributed by atoms with E-state index in [4.69, 9.17) is 14.9 Å². The van der Waals surface area contributed by atoms with Gasteiger partial charge in [-0.25, -0.2) is 4.98 Å². The Bertz CT molecular complexity index is 482. The van der Waals surface area contributed by atoms with Crippen molar-refractivity contribution in [2.24, 2.45) is 5.73 Å². The summed E-state index contributed by atoms with van der Waals surface area (Å²) in [7, 11) is 3.62. The van der Waals surface area contributed by atoms with Crippen LogP contribution in [0.15, 0.2) is 41.1 Å². The first kappa shape index (κ1) is 13.6. The highest BCUT2D eigenvalue weighted by atomic mass is 16.5. The molecule has 19 heavy (non-hydrogen) atoms. The Hall–Kier alpha value is -1.85. The summed E-state index contributed by atoms with van der Waals surface area (Å²) in [5.41, 5.74) is 6.94. The van der Waals surface area contributed by atoms with Crippen molar-refractivity contribution >= 4 is 0 Å². The molecule has 1 unspecified atom stereocenters. The Morgan fingerprint density at radius 3 is 2.79 bits per heavy atom. The molecule has 0 aliphatic heterocycles. The zero-order chi connectivity index (χ0) is 13.7. The number of nitrogens with zero attached hydrogens (tertiary/aromatic N) is 2. The van der Waals surface area contributed by atoms with E-state index < -0.39 is 0 Å². The van der Waals surface area contributed by atoms with E-state index in [1.807, 2.05) is 31.3 Å². The minimum atomic E-state index is 0.100. The van der Waals surface area contributed by atoms with Gasteiger partial charge in [0.05, 0.1) is 19.9 Å². The molecule has 2 heterocycles. The molecule has 0 bridgehead atoms. The lowest BCUT2D eigenvalue weighted by molar-refractivity contribution is 0.222. The van der Waals surface area contributed by atoms with Gasteiger partial charge in [-0.05, 0) is 24.7 Å². The summed E-state index contributed by atoms with van der Waals surface area (Å²) in [5, 5.41) is 0. The number of ether oxygens (including phenoxy) is 1. The molecule has 0 aliphatic carbocycles. The molecule has 0 aromatic carbocycles. The fourth-order valence-electron chi connectivity index (χ4n) is 2.04. The van der Waals surface area contributed by atoms with Crippen LogP contribution in [0.4, 0.5) is 0 Å². The maximum absolute atomic E-state index is 5.87. The van der Waals surface area contributed by atoms with Crippen molar-refractivity contribution < 1.29 is 9.15 Å². The van der Waals surface area contributed by atoms with Crippen molar-refractivity contribution in [1.82, 2.24) is 9.88 Å². The van der Waals surface area contributed by atoms with E-state index in [0.717, 1.165) is 11.3 Å². The summed E-state index contributed by atoms with van der Waals surface area (Å²) in [6.45, 7) is 1.23. The predicted octanol–water partition coefficient (Wildman–Crippen LogP) is 1.81. The van der Waals surface area contributed by atoms with Gasteiger partial charge in [0.25, 0.3) is 0 Å². The van der Waals surface area contributed by atoms with Gasteiger partial charge in [0.2, 0.25) is 5.88 Å². The first-order chi connectivity index (χ1) is 9.24. The first-order valence-electron chi connectivity index (χ1n) is 6.17. The highest BCUT2D eigenvalue weighted by Crippen LogP contribution is 2.21. The standard InChI is InChI=1S/C14H19N3O2/c1-17(10-12-4-3-7-19-12)13(8-15)11-5-6-14(18-2)16-9-11/h3-7,9,13H,8,10,15H2,1-2H3. The Morgan fingerprint density at radius 1 is 1.42 bits per heavy atom. The number of methoxy groups -OCH3 is 1. The molecule has 5 nitrogen and oxygen atoms in total. The van der Waals surface area contributed by atoms with Gasteiger partial charge in [-0.3, -0.25) is 4.90 Å². The highest BCUT2D eigenvalue weighted by Gasteiger charge is 2.17. The van der Waals surface area contributed by atoms with Crippen molar-refractivity contribution in [2.75, 3.05) is 20.7 Å². The van der Waals surface area contributed by atoms with Gasteiger partial charge in [0.1, 0.15) is 5.76 Å². The van der Waals surface area contributed by atoms with E-state index in [1.165, 1.54) is 0 Å². The molecule has 2 N–H and O–H groups in total. The number of pyridine rings is 1. The Kier molecular flexibility index (Phi) is 4.54. The predicted molar refractivity (Wildman–Crippen MR) is 72.8 cm³/mol. The molecule has 102 valence electrons. The number of hydrogen-bond donors (Lipinski definition) is 1. The number of aromatic nitrogens is 1. The van der Waals surface area contributed by atoms with Crippen LogP contribution in [-0.2, 0) is 6.54 Å². The molecule has 0 amide bonds. The number of rotatable bonds is 6. The van der Waals surface area contributed by atoms with Crippen molar-refractivity contribution in [2.45, 2.75) is 12.6 Å². The van der Waals surface area contributed by atoms with Crippen molar-refractivity contribution in [3.63, 3.8) is 0 Å². The normalized spacial score (nSPS) is 12.6. The van der Waals surface area contributed by atoms with E-state index in [-0.39, 0.29) is 6.04 Å². The second kappa shape index (κ2) is 6.36. The largest absolute Gasteiger partial charge is 0.481 e. The lowest BCUT2D eigenvalue weighted by atomic mass is 10.1. The van der Waals surface area contributed by atoms with Gasteiger partial charge >= 0.3 is 0 Å². The molecule has 1 atom stereocenters. The SMILES string of the molecule is COc1ccc(C(CN)N(C)Cc2ccco2)cn1. The van der Waals surface area contributed by atoms with Gasteiger partial charge in [0, 0.05) is 24.8 Å².